The third-order valence-corrected chi connectivity index (χ3v) is 8.28. The Kier molecular flexibility index (Phi) is 5.44. The van der Waals surface area contributed by atoms with Crippen molar-refractivity contribution in [2.75, 3.05) is 26.3 Å². The third-order valence-electron chi connectivity index (χ3n) is 8.28. The van der Waals surface area contributed by atoms with Crippen molar-refractivity contribution < 1.29 is 14.3 Å². The Morgan fingerprint density at radius 3 is 2.58 bits per heavy atom. The number of Topliss-reactive ketones (excluding diaryl/α,β-unsaturated/α-hetero) is 1. The van der Waals surface area contributed by atoms with Crippen LogP contribution in [0.2, 0.25) is 0 Å². The van der Waals surface area contributed by atoms with Gasteiger partial charge >= 0.3 is 0 Å². The topological polar surface area (TPSA) is 62.6 Å². The molecule has 0 spiro atoms. The molecule has 0 unspecified atom stereocenters. The smallest absolute Gasteiger partial charge is 0.193 e. The number of ketones is 1. The first kappa shape index (κ1) is 23.2. The first-order chi connectivity index (χ1) is 17.3. The lowest BCUT2D eigenvalue weighted by Crippen LogP contribution is -2.50. The second-order valence-electron chi connectivity index (χ2n) is 11.2. The Bertz CT molecular complexity index is 1390. The van der Waals surface area contributed by atoms with Crippen LogP contribution < -0.4 is 4.74 Å². The zero-order valence-electron chi connectivity index (χ0n) is 21.5. The number of carbonyl (C=O) groups excluding carboxylic acids is 1. The van der Waals surface area contributed by atoms with Crippen molar-refractivity contribution in [2.45, 2.75) is 58.1 Å². The van der Waals surface area contributed by atoms with E-state index in [0.29, 0.717) is 18.0 Å². The molecular weight excluding hydrogens is 448 g/mol. The van der Waals surface area contributed by atoms with Gasteiger partial charge in [0.05, 0.1) is 37.0 Å². The van der Waals surface area contributed by atoms with Gasteiger partial charge in [-0.2, -0.15) is 5.26 Å². The summed E-state index contributed by atoms with van der Waals surface area (Å²) in [5.74, 6) is 0.951. The quantitative estimate of drug-likeness (QED) is 0.593. The average Bonchev–Trinajstić information content (AvgIpc) is 3.22. The van der Waals surface area contributed by atoms with Crippen molar-refractivity contribution in [1.82, 2.24) is 4.90 Å². The summed E-state index contributed by atoms with van der Waals surface area (Å²) < 4.78 is 11.8. The van der Waals surface area contributed by atoms with Gasteiger partial charge in [-0.05, 0) is 78.8 Å². The SMILES string of the molecule is CC(C)Oc1cc2c(cc1C1=CCN(C3COC3)CC1)C(=O)C1=C(Cc3cc(C#N)ccc31)C2(C)C. The molecular formula is C31H32N2O3. The van der Waals surface area contributed by atoms with Gasteiger partial charge in [-0.25, -0.2) is 0 Å². The van der Waals surface area contributed by atoms with Gasteiger partial charge in [0, 0.05) is 35.2 Å². The Hall–Kier alpha value is -3.20. The number of hydrogen-bond acceptors (Lipinski definition) is 5. The maximum Gasteiger partial charge on any atom is 0.193 e. The maximum absolute atomic E-state index is 14.1. The van der Waals surface area contributed by atoms with Crippen LogP contribution in [0, 0.1) is 11.3 Å². The molecule has 184 valence electrons. The van der Waals surface area contributed by atoms with Crippen molar-refractivity contribution >= 4 is 16.9 Å². The van der Waals surface area contributed by atoms with E-state index in [1.807, 2.05) is 32.0 Å². The van der Waals surface area contributed by atoms with Gasteiger partial charge in [-0.15, -0.1) is 0 Å². The molecule has 2 aromatic carbocycles. The molecule has 2 heterocycles. The molecule has 2 aliphatic heterocycles. The lowest BCUT2D eigenvalue weighted by molar-refractivity contribution is -0.0612. The third kappa shape index (κ3) is 3.55. The highest BCUT2D eigenvalue weighted by atomic mass is 16.5. The predicted molar refractivity (Wildman–Crippen MR) is 140 cm³/mol. The highest BCUT2D eigenvalue weighted by Crippen LogP contribution is 2.51. The fourth-order valence-corrected chi connectivity index (χ4v) is 6.17. The Labute approximate surface area is 213 Å². The standard InChI is InChI=1S/C31H32N2O3/c1-18(2)36-28-14-26-25(13-24(28)20-7-9-33(10-8-20)22-16-35-17-22)30(34)29-23-6-5-19(15-32)11-21(23)12-27(29)31(26,3)4/h5-7,11,13-14,18,22H,8-10,12,16-17H2,1-4H3. The van der Waals surface area contributed by atoms with Gasteiger partial charge in [0.2, 0.25) is 0 Å². The predicted octanol–water partition coefficient (Wildman–Crippen LogP) is 5.32. The van der Waals surface area contributed by atoms with E-state index in [2.05, 4.69) is 43.0 Å². The Balaban J connectivity index is 1.44. The molecule has 4 aliphatic rings. The summed E-state index contributed by atoms with van der Waals surface area (Å²) in [5, 5.41) is 9.39. The number of fused-ring (bicyclic) bond motifs is 3. The minimum Gasteiger partial charge on any atom is -0.490 e. The number of allylic oxidation sites excluding steroid dienone is 2. The van der Waals surface area contributed by atoms with E-state index >= 15 is 0 Å². The molecule has 5 nitrogen and oxygen atoms in total. The molecule has 36 heavy (non-hydrogen) atoms. The summed E-state index contributed by atoms with van der Waals surface area (Å²) in [6, 6.07) is 12.7. The number of carbonyl (C=O) groups is 1. The van der Waals surface area contributed by atoms with Crippen molar-refractivity contribution in [3.05, 3.63) is 75.4 Å². The molecule has 2 aliphatic carbocycles. The lowest BCUT2D eigenvalue weighted by atomic mass is 9.68. The van der Waals surface area contributed by atoms with Crippen LogP contribution in [0.25, 0.3) is 11.1 Å². The zero-order valence-corrected chi connectivity index (χ0v) is 21.5. The van der Waals surface area contributed by atoms with Crippen LogP contribution in [0.3, 0.4) is 0 Å². The van der Waals surface area contributed by atoms with E-state index in [0.717, 1.165) is 77.4 Å². The molecule has 0 bridgehead atoms. The summed E-state index contributed by atoms with van der Waals surface area (Å²) in [4.78, 5) is 16.5. The second kappa shape index (κ2) is 8.44. The minimum atomic E-state index is -0.319. The minimum absolute atomic E-state index is 0.0342. The molecule has 1 fully saturated rings. The van der Waals surface area contributed by atoms with Crippen LogP contribution in [-0.2, 0) is 16.6 Å². The summed E-state index contributed by atoms with van der Waals surface area (Å²) in [6.07, 6.45) is 3.96. The molecule has 0 amide bonds. The van der Waals surface area contributed by atoms with Crippen LogP contribution in [0.4, 0.5) is 0 Å². The number of nitriles is 1. The molecule has 0 radical (unpaired) electrons. The lowest BCUT2D eigenvalue weighted by Gasteiger charge is -2.39. The van der Waals surface area contributed by atoms with E-state index in [1.165, 1.54) is 5.57 Å². The molecule has 2 aromatic rings. The highest BCUT2D eigenvalue weighted by molar-refractivity contribution is 6.33. The van der Waals surface area contributed by atoms with Crippen molar-refractivity contribution in [3.63, 3.8) is 0 Å². The molecule has 1 saturated heterocycles. The summed E-state index contributed by atoms with van der Waals surface area (Å²) in [5.41, 5.74) is 8.43. The number of hydrogen-bond donors (Lipinski definition) is 0. The molecule has 0 aromatic heterocycles. The van der Waals surface area contributed by atoms with E-state index in [1.54, 1.807) is 0 Å². The number of rotatable bonds is 4. The van der Waals surface area contributed by atoms with Crippen LogP contribution in [0.1, 0.15) is 72.3 Å². The summed E-state index contributed by atoms with van der Waals surface area (Å²) in [7, 11) is 0. The van der Waals surface area contributed by atoms with Crippen molar-refractivity contribution in [1.29, 1.82) is 5.26 Å². The van der Waals surface area contributed by atoms with Gasteiger partial charge < -0.3 is 9.47 Å². The van der Waals surface area contributed by atoms with Crippen molar-refractivity contribution in [3.8, 4) is 11.8 Å². The zero-order chi connectivity index (χ0) is 25.2. The van der Waals surface area contributed by atoms with Crippen LogP contribution in [0.15, 0.2) is 42.0 Å². The van der Waals surface area contributed by atoms with Gasteiger partial charge in [0.25, 0.3) is 0 Å². The fourth-order valence-electron chi connectivity index (χ4n) is 6.17. The maximum atomic E-state index is 14.1. The second-order valence-corrected chi connectivity index (χ2v) is 11.2. The molecule has 0 saturated carbocycles. The van der Waals surface area contributed by atoms with Gasteiger partial charge in [0.15, 0.2) is 5.78 Å². The van der Waals surface area contributed by atoms with Gasteiger partial charge in [-0.1, -0.05) is 26.0 Å². The molecule has 6 rings (SSSR count). The van der Waals surface area contributed by atoms with Crippen LogP contribution in [-0.4, -0.2) is 49.1 Å². The van der Waals surface area contributed by atoms with E-state index in [4.69, 9.17) is 9.47 Å². The van der Waals surface area contributed by atoms with Gasteiger partial charge in [-0.3, -0.25) is 9.69 Å². The average molecular weight is 481 g/mol. The fraction of sp³-hybridized carbons (Fsp3) is 0.419. The van der Waals surface area contributed by atoms with Gasteiger partial charge in [0.1, 0.15) is 5.75 Å². The first-order valence-electron chi connectivity index (χ1n) is 13.0. The number of nitrogens with zero attached hydrogens (tertiary/aromatic N) is 2. The monoisotopic (exact) mass is 480 g/mol. The summed E-state index contributed by atoms with van der Waals surface area (Å²) in [6.45, 7) is 12.0. The molecule has 5 heteroatoms. The largest absolute Gasteiger partial charge is 0.490 e. The van der Waals surface area contributed by atoms with E-state index in [-0.39, 0.29) is 17.3 Å². The number of benzene rings is 2. The van der Waals surface area contributed by atoms with E-state index in [9.17, 15) is 10.1 Å². The van der Waals surface area contributed by atoms with E-state index < -0.39 is 0 Å². The highest BCUT2D eigenvalue weighted by Gasteiger charge is 2.43. The van der Waals surface area contributed by atoms with Crippen molar-refractivity contribution in [2.24, 2.45) is 0 Å². The van der Waals surface area contributed by atoms with Crippen LogP contribution in [0.5, 0.6) is 5.75 Å². The first-order valence-corrected chi connectivity index (χ1v) is 13.0. The summed E-state index contributed by atoms with van der Waals surface area (Å²) >= 11 is 0. The molecule has 0 atom stereocenters. The normalized spacial score (nSPS) is 20.9. The van der Waals surface area contributed by atoms with Crippen LogP contribution >= 0.6 is 0 Å². The molecule has 0 N–H and O–H groups in total. The Morgan fingerprint density at radius 1 is 1.14 bits per heavy atom. The Morgan fingerprint density at radius 2 is 1.94 bits per heavy atom. The number of ether oxygens (including phenoxy) is 2.